The normalized spacial score (nSPS) is 16.5. The fraction of sp³-hybridized carbons (Fsp3) is 0.727. The van der Waals surface area contributed by atoms with E-state index in [1.807, 2.05) is 0 Å². The lowest BCUT2D eigenvalue weighted by Crippen LogP contribution is -2.13. The van der Waals surface area contributed by atoms with E-state index in [1.54, 1.807) is 6.08 Å². The molecule has 0 aliphatic carbocycles. The summed E-state index contributed by atoms with van der Waals surface area (Å²) >= 11 is 0. The molecule has 2 unspecified atom stereocenters. The van der Waals surface area contributed by atoms with Crippen LogP contribution < -0.4 is 0 Å². The molecule has 76 valence electrons. The summed E-state index contributed by atoms with van der Waals surface area (Å²) in [6, 6.07) is 0. The van der Waals surface area contributed by atoms with Gasteiger partial charge in [0, 0.05) is 0 Å². The first-order valence-electron chi connectivity index (χ1n) is 4.80. The van der Waals surface area contributed by atoms with Crippen LogP contribution in [0.4, 0.5) is 0 Å². The molecule has 0 aliphatic heterocycles. The predicted molar refractivity (Wildman–Crippen MR) is 54.4 cm³/mol. The summed E-state index contributed by atoms with van der Waals surface area (Å²) in [5.41, 5.74) is 0. The highest BCUT2D eigenvalue weighted by molar-refractivity contribution is 5.87. The van der Waals surface area contributed by atoms with E-state index in [9.17, 15) is 9.90 Å². The minimum atomic E-state index is -0.485. The predicted octanol–water partition coefficient (Wildman–Crippen LogP) is 2.17. The minimum absolute atomic E-state index is 0.0174. The van der Waals surface area contributed by atoms with Crippen molar-refractivity contribution in [1.82, 2.24) is 0 Å². The molecule has 2 nitrogen and oxygen atoms in total. The van der Waals surface area contributed by atoms with Gasteiger partial charge in [0.25, 0.3) is 0 Å². The van der Waals surface area contributed by atoms with Crippen molar-refractivity contribution in [2.24, 2.45) is 11.8 Å². The van der Waals surface area contributed by atoms with Gasteiger partial charge < -0.3 is 5.11 Å². The van der Waals surface area contributed by atoms with Gasteiger partial charge in [0.15, 0.2) is 5.78 Å². The smallest absolute Gasteiger partial charge is 0.152 e. The van der Waals surface area contributed by atoms with Crippen LogP contribution in [0.25, 0.3) is 0 Å². The molecule has 0 aromatic rings. The molecule has 0 aromatic heterocycles. The third-order valence-corrected chi connectivity index (χ3v) is 2.30. The Morgan fingerprint density at radius 2 is 1.92 bits per heavy atom. The molecule has 0 fully saturated rings. The molecule has 0 spiro atoms. The molecule has 1 N–H and O–H groups in total. The van der Waals surface area contributed by atoms with Crippen LogP contribution in [0.3, 0.4) is 0 Å². The summed E-state index contributed by atoms with van der Waals surface area (Å²) in [6.07, 6.45) is 3.24. The number of aliphatic hydroxyl groups excluding tert-OH is 1. The Kier molecular flexibility index (Phi) is 5.63. The number of rotatable bonds is 5. The Bertz CT molecular complexity index is 183. The third kappa shape index (κ3) is 6.52. The van der Waals surface area contributed by atoms with Gasteiger partial charge in [0.1, 0.15) is 0 Å². The van der Waals surface area contributed by atoms with Gasteiger partial charge in [-0.2, -0.15) is 0 Å². The fourth-order valence-corrected chi connectivity index (χ4v) is 0.978. The topological polar surface area (TPSA) is 37.3 Å². The van der Waals surface area contributed by atoms with Crippen LogP contribution in [0.1, 0.15) is 34.1 Å². The van der Waals surface area contributed by atoms with Gasteiger partial charge >= 0.3 is 0 Å². The lowest BCUT2D eigenvalue weighted by Gasteiger charge is -2.17. The highest BCUT2D eigenvalue weighted by Crippen LogP contribution is 2.16. The zero-order valence-corrected chi connectivity index (χ0v) is 8.95. The maximum absolute atomic E-state index is 10.6. The number of carbonyl (C=O) groups excluding carboxylic acids is 1. The van der Waals surface area contributed by atoms with Crippen molar-refractivity contribution in [3.63, 3.8) is 0 Å². The zero-order chi connectivity index (χ0) is 10.4. The summed E-state index contributed by atoms with van der Waals surface area (Å²) in [4.78, 5) is 10.6. The van der Waals surface area contributed by atoms with Crippen molar-refractivity contribution in [1.29, 1.82) is 0 Å². The molecule has 0 saturated heterocycles. The molecule has 0 aromatic carbocycles. The summed E-state index contributed by atoms with van der Waals surface area (Å²) in [5, 5.41) is 9.48. The minimum Gasteiger partial charge on any atom is -0.389 e. The second-order valence-corrected chi connectivity index (χ2v) is 3.99. The van der Waals surface area contributed by atoms with E-state index in [-0.39, 0.29) is 5.78 Å². The van der Waals surface area contributed by atoms with Crippen LogP contribution in [-0.2, 0) is 4.79 Å². The highest BCUT2D eigenvalue weighted by atomic mass is 16.3. The van der Waals surface area contributed by atoms with Crippen molar-refractivity contribution >= 4 is 5.78 Å². The number of hydrogen-bond donors (Lipinski definition) is 1. The van der Waals surface area contributed by atoms with E-state index in [0.29, 0.717) is 11.8 Å². The monoisotopic (exact) mass is 184 g/mol. The fourth-order valence-electron chi connectivity index (χ4n) is 0.978. The third-order valence-electron chi connectivity index (χ3n) is 2.30. The van der Waals surface area contributed by atoms with Crippen molar-refractivity contribution < 1.29 is 9.90 Å². The maximum atomic E-state index is 10.6. The summed E-state index contributed by atoms with van der Waals surface area (Å²) in [5.74, 6) is 1.03. The summed E-state index contributed by atoms with van der Waals surface area (Å²) < 4.78 is 0. The van der Waals surface area contributed by atoms with E-state index in [2.05, 4.69) is 20.8 Å². The SMILES string of the molecule is CC(=O)/C=C/C(O)CC(C)C(C)C. The molecule has 2 heteroatoms. The first-order chi connectivity index (χ1) is 5.93. The first kappa shape index (κ1) is 12.4. The van der Waals surface area contributed by atoms with Gasteiger partial charge in [-0.05, 0) is 31.3 Å². The number of allylic oxidation sites excluding steroid dienone is 1. The van der Waals surface area contributed by atoms with Gasteiger partial charge in [-0.1, -0.05) is 26.8 Å². The second kappa shape index (κ2) is 5.92. The van der Waals surface area contributed by atoms with Crippen LogP contribution in [0.2, 0.25) is 0 Å². The Morgan fingerprint density at radius 3 is 2.31 bits per heavy atom. The molecule has 0 radical (unpaired) electrons. The van der Waals surface area contributed by atoms with Crippen molar-refractivity contribution in [2.45, 2.75) is 40.2 Å². The number of ketones is 1. The van der Waals surface area contributed by atoms with E-state index in [1.165, 1.54) is 13.0 Å². The largest absolute Gasteiger partial charge is 0.389 e. The Labute approximate surface area is 80.7 Å². The lowest BCUT2D eigenvalue weighted by atomic mass is 9.92. The molecule has 0 bridgehead atoms. The van der Waals surface area contributed by atoms with Crippen molar-refractivity contribution in [2.75, 3.05) is 0 Å². The number of carbonyl (C=O) groups is 1. The van der Waals surface area contributed by atoms with Crippen LogP contribution in [-0.4, -0.2) is 17.0 Å². The second-order valence-electron chi connectivity index (χ2n) is 3.99. The molecule has 0 saturated carbocycles. The molecule has 0 rings (SSSR count). The van der Waals surface area contributed by atoms with E-state index in [0.717, 1.165) is 6.42 Å². The van der Waals surface area contributed by atoms with Gasteiger partial charge in [-0.3, -0.25) is 4.79 Å². The molecular weight excluding hydrogens is 164 g/mol. The number of hydrogen-bond acceptors (Lipinski definition) is 2. The first-order valence-corrected chi connectivity index (χ1v) is 4.80. The molecule has 0 heterocycles. The average molecular weight is 184 g/mol. The van der Waals surface area contributed by atoms with Crippen molar-refractivity contribution in [3.8, 4) is 0 Å². The maximum Gasteiger partial charge on any atom is 0.152 e. The van der Waals surface area contributed by atoms with E-state index < -0.39 is 6.10 Å². The molecular formula is C11H20O2. The van der Waals surface area contributed by atoms with Gasteiger partial charge in [-0.25, -0.2) is 0 Å². The Hall–Kier alpha value is -0.630. The number of aliphatic hydroxyl groups is 1. The van der Waals surface area contributed by atoms with Crippen LogP contribution in [0.15, 0.2) is 12.2 Å². The Morgan fingerprint density at radius 1 is 1.38 bits per heavy atom. The summed E-state index contributed by atoms with van der Waals surface area (Å²) in [7, 11) is 0. The average Bonchev–Trinajstić information content (AvgIpc) is 2.00. The van der Waals surface area contributed by atoms with Crippen molar-refractivity contribution in [3.05, 3.63) is 12.2 Å². The molecule has 0 aliphatic rings. The van der Waals surface area contributed by atoms with Crippen LogP contribution in [0.5, 0.6) is 0 Å². The summed E-state index contributed by atoms with van der Waals surface area (Å²) in [6.45, 7) is 7.85. The standard InChI is InChI=1S/C11H20O2/c1-8(2)9(3)7-11(13)6-5-10(4)12/h5-6,8-9,11,13H,7H2,1-4H3/b6-5+. The molecule has 13 heavy (non-hydrogen) atoms. The Balaban J connectivity index is 3.86. The van der Waals surface area contributed by atoms with E-state index >= 15 is 0 Å². The van der Waals surface area contributed by atoms with E-state index in [4.69, 9.17) is 0 Å². The van der Waals surface area contributed by atoms with Gasteiger partial charge in [0.05, 0.1) is 6.10 Å². The van der Waals surface area contributed by atoms with Gasteiger partial charge in [-0.15, -0.1) is 0 Å². The zero-order valence-electron chi connectivity index (χ0n) is 8.95. The lowest BCUT2D eigenvalue weighted by molar-refractivity contribution is -0.112. The highest BCUT2D eigenvalue weighted by Gasteiger charge is 2.10. The molecule has 2 atom stereocenters. The van der Waals surface area contributed by atoms with Gasteiger partial charge in [0.2, 0.25) is 0 Å². The quantitative estimate of drug-likeness (QED) is 0.665. The van der Waals surface area contributed by atoms with Crippen LogP contribution in [0, 0.1) is 11.8 Å². The van der Waals surface area contributed by atoms with Crippen LogP contribution >= 0.6 is 0 Å². The molecule has 0 amide bonds.